The van der Waals surface area contributed by atoms with Crippen molar-refractivity contribution in [2.75, 3.05) is 0 Å². The van der Waals surface area contributed by atoms with Gasteiger partial charge in [0, 0.05) is 27.1 Å². The van der Waals surface area contributed by atoms with Gasteiger partial charge in [0.05, 0.1) is 5.41 Å². The minimum atomic E-state index is -0.476. The van der Waals surface area contributed by atoms with Crippen molar-refractivity contribution in [1.29, 1.82) is 0 Å². The summed E-state index contributed by atoms with van der Waals surface area (Å²) in [5.41, 5.74) is 21.8. The molecule has 0 saturated carbocycles. The Morgan fingerprint density at radius 3 is 1.79 bits per heavy atom. The number of benzene rings is 10. The van der Waals surface area contributed by atoms with Crippen LogP contribution in [0, 0.1) is 0 Å². The van der Waals surface area contributed by atoms with Crippen LogP contribution in [-0.4, -0.2) is 0 Å². The molecule has 0 atom stereocenters. The van der Waals surface area contributed by atoms with Gasteiger partial charge in [-0.05, 0) is 135 Å². The van der Waals surface area contributed by atoms with Crippen molar-refractivity contribution in [1.82, 2.24) is 0 Å². The third-order valence-electron chi connectivity index (χ3n) is 15.4. The number of ether oxygens (including phenoxy) is 1. The van der Waals surface area contributed by atoms with Gasteiger partial charge in [0.1, 0.15) is 22.7 Å². The molecule has 11 aromatic rings. The van der Waals surface area contributed by atoms with E-state index in [0.29, 0.717) is 0 Å². The lowest BCUT2D eigenvalue weighted by molar-refractivity contribution is 0.487. The van der Waals surface area contributed by atoms with Gasteiger partial charge in [0.25, 0.3) is 0 Å². The van der Waals surface area contributed by atoms with Crippen LogP contribution in [0.1, 0.15) is 74.9 Å². The van der Waals surface area contributed by atoms with Crippen LogP contribution in [0.2, 0.25) is 0 Å². The molecule has 0 fully saturated rings. The van der Waals surface area contributed by atoms with Gasteiger partial charge in [-0.15, -0.1) is 0 Å². The largest absolute Gasteiger partial charge is 0.456 e. The highest BCUT2D eigenvalue weighted by atomic mass is 16.5. The predicted molar refractivity (Wildman–Crippen MR) is 279 cm³/mol. The van der Waals surface area contributed by atoms with E-state index in [2.05, 4.69) is 224 Å². The van der Waals surface area contributed by atoms with E-state index in [1.807, 2.05) is 0 Å². The lowest BCUT2D eigenvalue weighted by Crippen LogP contribution is -2.27. The van der Waals surface area contributed by atoms with Gasteiger partial charge in [-0.2, -0.15) is 0 Å². The second-order valence-electron chi connectivity index (χ2n) is 21.1. The molecule has 1 aliphatic heterocycles. The molecule has 2 aliphatic carbocycles. The smallest absolute Gasteiger partial charge is 0.143 e. The number of hydrogen-bond donors (Lipinski definition) is 0. The van der Waals surface area contributed by atoms with Crippen molar-refractivity contribution in [2.24, 2.45) is 0 Å². The molecule has 0 unspecified atom stereocenters. The Kier molecular flexibility index (Phi) is 7.62. The average molecular weight is 861 g/mol. The first-order chi connectivity index (χ1) is 32.5. The molecule has 1 spiro atoms. The van der Waals surface area contributed by atoms with Crippen molar-refractivity contribution in [3.8, 4) is 67.1 Å². The topological polar surface area (TPSA) is 22.4 Å². The van der Waals surface area contributed by atoms with Crippen LogP contribution < -0.4 is 4.74 Å². The molecule has 2 nitrogen and oxygen atoms in total. The van der Waals surface area contributed by atoms with Gasteiger partial charge in [0.2, 0.25) is 0 Å². The summed E-state index contributed by atoms with van der Waals surface area (Å²) in [5.74, 6) is 1.75. The molecular formula is C65H48O2. The molecule has 0 saturated heterocycles. The predicted octanol–water partition coefficient (Wildman–Crippen LogP) is 17.9. The first kappa shape index (κ1) is 38.6. The summed E-state index contributed by atoms with van der Waals surface area (Å²) in [6.07, 6.45) is 0. The zero-order valence-corrected chi connectivity index (χ0v) is 38.6. The Balaban J connectivity index is 0.980. The third kappa shape index (κ3) is 5.16. The van der Waals surface area contributed by atoms with Gasteiger partial charge >= 0.3 is 0 Å². The number of furan rings is 1. The number of rotatable bonds is 2. The molecule has 0 amide bonds. The summed E-state index contributed by atoms with van der Waals surface area (Å²) in [4.78, 5) is 0. The van der Waals surface area contributed by atoms with E-state index < -0.39 is 5.41 Å². The fourth-order valence-corrected chi connectivity index (χ4v) is 12.2. The molecule has 0 radical (unpaired) electrons. The molecule has 1 aromatic heterocycles. The average Bonchev–Trinajstić information content (AvgIpc) is 3.98. The molecule has 2 heterocycles. The molecule has 3 aliphatic rings. The quantitative estimate of drug-likeness (QED) is 0.173. The first-order valence-electron chi connectivity index (χ1n) is 23.7. The maximum absolute atomic E-state index is 6.88. The van der Waals surface area contributed by atoms with Crippen molar-refractivity contribution >= 4 is 43.5 Å². The van der Waals surface area contributed by atoms with Gasteiger partial charge < -0.3 is 9.15 Å². The zero-order chi connectivity index (χ0) is 45.1. The Morgan fingerprint density at radius 2 is 1.00 bits per heavy atom. The van der Waals surface area contributed by atoms with Crippen LogP contribution in [0.25, 0.3) is 99.1 Å². The highest BCUT2D eigenvalue weighted by molar-refractivity contribution is 6.19. The minimum absolute atomic E-state index is 0.00846. The van der Waals surface area contributed by atoms with Crippen LogP contribution in [0.3, 0.4) is 0 Å². The van der Waals surface area contributed by atoms with E-state index in [-0.39, 0.29) is 10.8 Å². The van der Waals surface area contributed by atoms with E-state index >= 15 is 0 Å². The molecule has 2 heteroatoms. The normalized spacial score (nSPS) is 14.1. The fourth-order valence-electron chi connectivity index (χ4n) is 12.2. The van der Waals surface area contributed by atoms with Gasteiger partial charge in [0.15, 0.2) is 0 Å². The number of fused-ring (bicyclic) bond motifs is 17. The summed E-state index contributed by atoms with van der Waals surface area (Å²) in [5, 5.41) is 6.89. The Hall–Kier alpha value is -7.68. The van der Waals surface area contributed by atoms with E-state index in [1.54, 1.807) is 0 Å². The van der Waals surface area contributed by atoms with Crippen LogP contribution in [0.4, 0.5) is 0 Å². The van der Waals surface area contributed by atoms with Crippen molar-refractivity contribution in [3.05, 3.63) is 215 Å². The molecule has 10 aromatic carbocycles. The van der Waals surface area contributed by atoms with E-state index in [1.165, 1.54) is 83.1 Å². The maximum atomic E-state index is 6.88. The monoisotopic (exact) mass is 860 g/mol. The van der Waals surface area contributed by atoms with E-state index in [4.69, 9.17) is 9.15 Å². The van der Waals surface area contributed by atoms with Crippen LogP contribution in [0.15, 0.2) is 186 Å². The molecule has 320 valence electrons. The molecule has 0 N–H and O–H groups in total. The Bertz CT molecular complexity index is 3910. The lowest BCUT2D eigenvalue weighted by Gasteiger charge is -2.33. The Labute approximate surface area is 391 Å². The molecule has 0 bridgehead atoms. The summed E-state index contributed by atoms with van der Waals surface area (Å²) < 4.78 is 13.5. The zero-order valence-electron chi connectivity index (χ0n) is 38.6. The fraction of sp³-hybridized carbons (Fsp3) is 0.138. The maximum Gasteiger partial charge on any atom is 0.143 e. The van der Waals surface area contributed by atoms with Gasteiger partial charge in [-0.25, -0.2) is 0 Å². The van der Waals surface area contributed by atoms with Gasteiger partial charge in [-0.3, -0.25) is 0 Å². The third-order valence-corrected chi connectivity index (χ3v) is 15.4. The standard InChI is InChI=1S/C65H48O2/c1-63(2,3)39-26-29-44-45-30-27-40(64(4,5)6)36-55(45)65(54(44)35-39)52-21-10-9-16-49(52)59-46(20-12-22-53(59)65)43-31-33-58-61-47(43)18-11-19-48(61)51-34-38(25-32-56(51)66-58)41-17-13-23-57-60(41)50-28-24-37-14-7-8-15-42(37)62(50)67-57/h7-36H,1-6H3. The molecule has 14 rings (SSSR count). The SMILES string of the molecule is CC(C)(C)c1ccc2c(c1)C1(c3cc(C(C)(C)C)ccc3-2)c2ccccc2-c2c(-c3ccc4c5c(cccc35)-c3cc(-c5cccc6oc7c8ccccc8ccc7c56)ccc3O4)cccc21. The molecular weight excluding hydrogens is 813 g/mol. The van der Waals surface area contributed by atoms with Crippen LogP contribution >= 0.6 is 0 Å². The summed E-state index contributed by atoms with van der Waals surface area (Å²) in [6, 6.07) is 68.1. The van der Waals surface area contributed by atoms with E-state index in [9.17, 15) is 0 Å². The van der Waals surface area contributed by atoms with Crippen molar-refractivity contribution in [2.45, 2.75) is 57.8 Å². The molecule has 67 heavy (non-hydrogen) atoms. The first-order valence-corrected chi connectivity index (χ1v) is 23.7. The second-order valence-corrected chi connectivity index (χ2v) is 21.1. The second kappa shape index (κ2) is 13.2. The van der Waals surface area contributed by atoms with Crippen molar-refractivity contribution in [3.63, 3.8) is 0 Å². The van der Waals surface area contributed by atoms with Crippen LogP contribution in [0.5, 0.6) is 11.5 Å². The lowest BCUT2D eigenvalue weighted by atomic mass is 9.68. The summed E-state index contributed by atoms with van der Waals surface area (Å²) >= 11 is 0. The highest BCUT2D eigenvalue weighted by Crippen LogP contribution is 2.65. The minimum Gasteiger partial charge on any atom is -0.456 e. The summed E-state index contributed by atoms with van der Waals surface area (Å²) in [6.45, 7) is 14.0. The Morgan fingerprint density at radius 1 is 0.373 bits per heavy atom. The van der Waals surface area contributed by atoms with Crippen molar-refractivity contribution < 1.29 is 9.15 Å². The summed E-state index contributed by atoms with van der Waals surface area (Å²) in [7, 11) is 0. The number of hydrogen-bond acceptors (Lipinski definition) is 2. The highest BCUT2D eigenvalue weighted by Gasteiger charge is 2.53. The van der Waals surface area contributed by atoms with E-state index in [0.717, 1.165) is 60.9 Å². The van der Waals surface area contributed by atoms with Gasteiger partial charge in [-0.1, -0.05) is 193 Å². The van der Waals surface area contributed by atoms with Crippen LogP contribution in [-0.2, 0) is 16.2 Å².